The third kappa shape index (κ3) is 26.1. The number of hydrogen-bond donors (Lipinski definition) is 2. The molecular formula is C22H47O5P. The Hall–Kier alpha value is 0.0700. The molecule has 0 spiro atoms. The van der Waals surface area contributed by atoms with Crippen LogP contribution in [0.15, 0.2) is 0 Å². The van der Waals surface area contributed by atoms with Crippen molar-refractivity contribution in [3.05, 3.63) is 0 Å². The van der Waals surface area contributed by atoms with Crippen molar-refractivity contribution in [1.82, 2.24) is 0 Å². The van der Waals surface area contributed by atoms with Crippen molar-refractivity contribution in [3.63, 3.8) is 0 Å². The fourth-order valence-electron chi connectivity index (χ4n) is 3.34. The Morgan fingerprint density at radius 1 is 0.679 bits per heavy atom. The molecule has 1 fully saturated rings. The third-order valence-corrected chi connectivity index (χ3v) is 5.60. The number of phosphoric acid groups is 1. The van der Waals surface area contributed by atoms with Crippen molar-refractivity contribution in [2.24, 2.45) is 0 Å². The quantitative estimate of drug-likeness (QED) is 0.181. The van der Waals surface area contributed by atoms with Crippen molar-refractivity contribution in [2.45, 2.75) is 122 Å². The van der Waals surface area contributed by atoms with Crippen LogP contribution in [-0.2, 0) is 13.8 Å². The van der Waals surface area contributed by atoms with Gasteiger partial charge in [0.15, 0.2) is 0 Å². The normalized spacial score (nSPS) is 14.1. The summed E-state index contributed by atoms with van der Waals surface area (Å²) in [5.74, 6) is 0. The standard InChI is InChI=1S/C18H39O4P.C4H8O/c1-2-3-4-5-6-7-8-9-10-11-12-13-14-15-16-17-18-22-23(19,20)21;1-2-4-5-3-1/h2-18H2,1H3,(H2,19,20,21);1-4H2. The van der Waals surface area contributed by atoms with Gasteiger partial charge in [0.25, 0.3) is 0 Å². The van der Waals surface area contributed by atoms with Crippen LogP contribution in [0.4, 0.5) is 0 Å². The van der Waals surface area contributed by atoms with Gasteiger partial charge in [-0.25, -0.2) is 4.57 Å². The maximum atomic E-state index is 10.5. The summed E-state index contributed by atoms with van der Waals surface area (Å²) in [6.45, 7) is 4.43. The van der Waals surface area contributed by atoms with E-state index < -0.39 is 7.82 Å². The van der Waals surface area contributed by atoms with Crippen LogP contribution in [0, 0.1) is 0 Å². The molecule has 6 heteroatoms. The molecule has 1 rings (SSSR count). The first-order chi connectivity index (χ1) is 13.6. The van der Waals surface area contributed by atoms with Crippen molar-refractivity contribution in [1.29, 1.82) is 0 Å². The molecule has 0 bridgehead atoms. The van der Waals surface area contributed by atoms with Crippen LogP contribution < -0.4 is 0 Å². The second-order valence-electron chi connectivity index (χ2n) is 7.95. The van der Waals surface area contributed by atoms with Gasteiger partial charge in [-0.15, -0.1) is 0 Å². The largest absolute Gasteiger partial charge is 0.469 e. The van der Waals surface area contributed by atoms with Gasteiger partial charge in [0.05, 0.1) is 6.61 Å². The summed E-state index contributed by atoms with van der Waals surface area (Å²) in [7, 11) is -4.26. The Balaban J connectivity index is 0.00000125. The lowest BCUT2D eigenvalue weighted by Crippen LogP contribution is -1.92. The van der Waals surface area contributed by atoms with Crippen molar-refractivity contribution < 1.29 is 23.6 Å². The van der Waals surface area contributed by atoms with E-state index in [1.165, 1.54) is 96.3 Å². The summed E-state index contributed by atoms with van der Waals surface area (Å²) in [5, 5.41) is 0. The highest BCUT2D eigenvalue weighted by Gasteiger charge is 2.12. The van der Waals surface area contributed by atoms with E-state index in [4.69, 9.17) is 14.5 Å². The molecule has 28 heavy (non-hydrogen) atoms. The fraction of sp³-hybridized carbons (Fsp3) is 1.00. The minimum atomic E-state index is -4.26. The van der Waals surface area contributed by atoms with Gasteiger partial charge in [0, 0.05) is 13.2 Å². The van der Waals surface area contributed by atoms with Gasteiger partial charge in [0.1, 0.15) is 0 Å². The van der Waals surface area contributed by atoms with E-state index >= 15 is 0 Å². The SMILES string of the molecule is C1CCOC1.CCCCCCCCCCCCCCCCCCOP(=O)(O)O. The molecule has 0 amide bonds. The molecular weight excluding hydrogens is 375 g/mol. The first kappa shape index (κ1) is 28.1. The van der Waals surface area contributed by atoms with E-state index in [9.17, 15) is 4.57 Å². The smallest absolute Gasteiger partial charge is 0.381 e. The second-order valence-corrected chi connectivity index (χ2v) is 9.19. The van der Waals surface area contributed by atoms with E-state index in [0.29, 0.717) is 0 Å². The maximum absolute atomic E-state index is 10.5. The summed E-state index contributed by atoms with van der Waals surface area (Å²) in [5.41, 5.74) is 0. The summed E-state index contributed by atoms with van der Waals surface area (Å²) >= 11 is 0. The summed E-state index contributed by atoms with van der Waals surface area (Å²) < 4.78 is 19.8. The molecule has 0 aromatic carbocycles. The average Bonchev–Trinajstić information content (AvgIpc) is 3.23. The van der Waals surface area contributed by atoms with E-state index in [1.54, 1.807) is 0 Å². The molecule has 0 aromatic heterocycles. The molecule has 2 N–H and O–H groups in total. The van der Waals surface area contributed by atoms with Crippen LogP contribution in [0.25, 0.3) is 0 Å². The molecule has 1 aliphatic rings. The zero-order valence-electron chi connectivity index (χ0n) is 18.4. The van der Waals surface area contributed by atoms with E-state index in [0.717, 1.165) is 32.5 Å². The number of rotatable bonds is 18. The highest BCUT2D eigenvalue weighted by atomic mass is 31.2. The monoisotopic (exact) mass is 422 g/mol. The molecule has 0 unspecified atom stereocenters. The predicted octanol–water partition coefficient (Wildman–Crippen LogP) is 7.15. The van der Waals surface area contributed by atoms with Gasteiger partial charge in [0.2, 0.25) is 0 Å². The second kappa shape index (κ2) is 21.8. The van der Waals surface area contributed by atoms with Gasteiger partial charge in [-0.05, 0) is 19.3 Å². The molecule has 0 aromatic rings. The number of hydrogen-bond acceptors (Lipinski definition) is 3. The molecule has 5 nitrogen and oxygen atoms in total. The molecule has 0 atom stereocenters. The lowest BCUT2D eigenvalue weighted by atomic mass is 10.0. The van der Waals surface area contributed by atoms with Crippen LogP contribution in [0.1, 0.15) is 122 Å². The minimum Gasteiger partial charge on any atom is -0.381 e. The van der Waals surface area contributed by atoms with Gasteiger partial charge >= 0.3 is 7.82 Å². The van der Waals surface area contributed by atoms with Gasteiger partial charge in [-0.3, -0.25) is 4.52 Å². The van der Waals surface area contributed by atoms with Crippen LogP contribution in [0.2, 0.25) is 0 Å². The Morgan fingerprint density at radius 3 is 1.32 bits per heavy atom. The predicted molar refractivity (Wildman–Crippen MR) is 118 cm³/mol. The van der Waals surface area contributed by atoms with Gasteiger partial charge in [-0.1, -0.05) is 103 Å². The summed E-state index contributed by atoms with van der Waals surface area (Å²) in [6, 6.07) is 0. The van der Waals surface area contributed by atoms with Crippen molar-refractivity contribution >= 4 is 7.82 Å². The van der Waals surface area contributed by atoms with Gasteiger partial charge in [-0.2, -0.15) is 0 Å². The van der Waals surface area contributed by atoms with Crippen LogP contribution in [0.3, 0.4) is 0 Å². The third-order valence-electron chi connectivity index (χ3n) is 5.08. The first-order valence-corrected chi connectivity index (χ1v) is 13.4. The van der Waals surface area contributed by atoms with E-state index in [1.807, 2.05) is 0 Å². The molecule has 0 saturated carbocycles. The Bertz CT molecular complexity index is 334. The lowest BCUT2D eigenvalue weighted by molar-refractivity contribution is 0.193. The lowest BCUT2D eigenvalue weighted by Gasteiger charge is -2.05. The van der Waals surface area contributed by atoms with Gasteiger partial charge < -0.3 is 14.5 Å². The Morgan fingerprint density at radius 2 is 1.04 bits per heavy atom. The Labute approximate surface area is 174 Å². The van der Waals surface area contributed by atoms with E-state index in [-0.39, 0.29) is 6.61 Å². The van der Waals surface area contributed by atoms with E-state index in [2.05, 4.69) is 11.4 Å². The number of unbranched alkanes of at least 4 members (excludes halogenated alkanes) is 15. The topological polar surface area (TPSA) is 76.0 Å². The summed E-state index contributed by atoms with van der Waals surface area (Å²) in [6.07, 6.45) is 23.2. The van der Waals surface area contributed by atoms with Crippen LogP contribution in [-0.4, -0.2) is 29.6 Å². The number of phosphoric ester groups is 1. The molecule has 0 radical (unpaired) electrons. The zero-order chi connectivity index (χ0) is 20.8. The minimum absolute atomic E-state index is 0.169. The summed E-state index contributed by atoms with van der Waals surface area (Å²) in [4.78, 5) is 17.1. The molecule has 1 heterocycles. The molecule has 1 saturated heterocycles. The molecule has 170 valence electrons. The number of ether oxygens (including phenoxy) is 1. The van der Waals surface area contributed by atoms with Crippen molar-refractivity contribution in [2.75, 3.05) is 19.8 Å². The first-order valence-electron chi connectivity index (χ1n) is 11.8. The Kier molecular flexibility index (Phi) is 21.8. The highest BCUT2D eigenvalue weighted by Crippen LogP contribution is 2.35. The highest BCUT2D eigenvalue weighted by molar-refractivity contribution is 7.46. The average molecular weight is 423 g/mol. The fourth-order valence-corrected chi connectivity index (χ4v) is 3.71. The maximum Gasteiger partial charge on any atom is 0.469 e. The molecule has 1 aliphatic heterocycles. The van der Waals surface area contributed by atoms with Crippen LogP contribution >= 0.6 is 7.82 Å². The zero-order valence-corrected chi connectivity index (χ0v) is 19.3. The molecule has 0 aliphatic carbocycles. The van der Waals surface area contributed by atoms with Crippen LogP contribution in [0.5, 0.6) is 0 Å². The van der Waals surface area contributed by atoms with Crippen molar-refractivity contribution in [3.8, 4) is 0 Å².